The Balaban J connectivity index is 1.48. The van der Waals surface area contributed by atoms with Gasteiger partial charge < -0.3 is 4.90 Å². The summed E-state index contributed by atoms with van der Waals surface area (Å²) in [6.07, 6.45) is 1.51. The number of benzene rings is 1. The van der Waals surface area contributed by atoms with Crippen LogP contribution in [-0.2, 0) is 22.3 Å². The minimum absolute atomic E-state index is 0.0242. The molecule has 0 saturated carbocycles. The highest BCUT2D eigenvalue weighted by atomic mass is 32.2. The van der Waals surface area contributed by atoms with E-state index in [1.807, 2.05) is 42.2 Å². The van der Waals surface area contributed by atoms with Crippen LogP contribution in [0.25, 0.3) is 11.2 Å². The molecule has 0 radical (unpaired) electrons. The number of hydrogen-bond donors (Lipinski definition) is 0. The van der Waals surface area contributed by atoms with Crippen LogP contribution in [0.5, 0.6) is 0 Å². The minimum atomic E-state index is -3.34. The van der Waals surface area contributed by atoms with Crippen LogP contribution in [0.1, 0.15) is 12.5 Å². The van der Waals surface area contributed by atoms with Crippen LogP contribution in [0, 0.1) is 0 Å². The van der Waals surface area contributed by atoms with E-state index in [4.69, 9.17) is 0 Å². The van der Waals surface area contributed by atoms with E-state index in [9.17, 15) is 8.42 Å². The molecule has 0 atom stereocenters. The fraction of sp³-hybridized carbons (Fsp3) is 0.412. The van der Waals surface area contributed by atoms with Gasteiger partial charge in [0.2, 0.25) is 10.0 Å². The molecule has 1 aliphatic heterocycles. The minimum Gasteiger partial charge on any atom is -0.352 e. The number of nitrogens with zero attached hydrogens (tertiary/aromatic N) is 7. The molecule has 1 aromatic carbocycles. The molecule has 1 aliphatic rings. The molecule has 142 valence electrons. The van der Waals surface area contributed by atoms with Gasteiger partial charge in [-0.3, -0.25) is 0 Å². The van der Waals surface area contributed by atoms with Crippen molar-refractivity contribution in [3.63, 3.8) is 0 Å². The first-order valence-corrected chi connectivity index (χ1v) is 10.5. The van der Waals surface area contributed by atoms with E-state index < -0.39 is 10.0 Å². The summed E-state index contributed by atoms with van der Waals surface area (Å²) in [6.45, 7) is 4.61. The SMILES string of the molecule is CCn1nnc2c(N3CCN(S(=O)(=O)Cc4ccccc4)CC3)ncnc21. The van der Waals surface area contributed by atoms with Crippen molar-refractivity contribution in [2.24, 2.45) is 0 Å². The van der Waals surface area contributed by atoms with Crippen LogP contribution in [-0.4, -0.2) is 63.9 Å². The first-order chi connectivity index (χ1) is 13.1. The van der Waals surface area contributed by atoms with Crippen LogP contribution in [0.15, 0.2) is 36.7 Å². The van der Waals surface area contributed by atoms with Crippen molar-refractivity contribution in [3.8, 4) is 0 Å². The lowest BCUT2D eigenvalue weighted by Gasteiger charge is -2.34. The van der Waals surface area contributed by atoms with Gasteiger partial charge in [0.05, 0.1) is 5.75 Å². The Morgan fingerprint density at radius 2 is 1.78 bits per heavy atom. The van der Waals surface area contributed by atoms with Crippen molar-refractivity contribution in [1.29, 1.82) is 0 Å². The van der Waals surface area contributed by atoms with Gasteiger partial charge in [0.15, 0.2) is 17.0 Å². The lowest BCUT2D eigenvalue weighted by Crippen LogP contribution is -2.49. The van der Waals surface area contributed by atoms with Gasteiger partial charge >= 0.3 is 0 Å². The van der Waals surface area contributed by atoms with Crippen molar-refractivity contribution >= 4 is 27.0 Å². The number of anilines is 1. The molecule has 0 unspecified atom stereocenters. The third-order valence-corrected chi connectivity index (χ3v) is 6.55. The Morgan fingerprint density at radius 3 is 2.48 bits per heavy atom. The lowest BCUT2D eigenvalue weighted by atomic mass is 10.2. The molecule has 0 N–H and O–H groups in total. The molecule has 2 aromatic heterocycles. The van der Waals surface area contributed by atoms with E-state index in [2.05, 4.69) is 20.3 Å². The second-order valence-electron chi connectivity index (χ2n) is 6.40. The van der Waals surface area contributed by atoms with Crippen molar-refractivity contribution in [2.75, 3.05) is 31.1 Å². The summed E-state index contributed by atoms with van der Waals surface area (Å²) in [5, 5.41) is 8.30. The molecule has 10 heteroatoms. The molecule has 1 fully saturated rings. The van der Waals surface area contributed by atoms with E-state index in [1.54, 1.807) is 8.99 Å². The smallest absolute Gasteiger partial charge is 0.218 e. The molecule has 0 spiro atoms. The number of aromatic nitrogens is 5. The number of aryl methyl sites for hydroxylation is 1. The largest absolute Gasteiger partial charge is 0.352 e. The number of piperazine rings is 1. The van der Waals surface area contributed by atoms with Gasteiger partial charge in [-0.1, -0.05) is 35.5 Å². The zero-order valence-electron chi connectivity index (χ0n) is 15.1. The summed E-state index contributed by atoms with van der Waals surface area (Å²) in [7, 11) is -3.34. The van der Waals surface area contributed by atoms with Gasteiger partial charge in [0.1, 0.15) is 6.33 Å². The van der Waals surface area contributed by atoms with Gasteiger partial charge in [0.25, 0.3) is 0 Å². The number of hydrogen-bond acceptors (Lipinski definition) is 7. The number of sulfonamides is 1. The third-order valence-electron chi connectivity index (χ3n) is 4.70. The Morgan fingerprint density at radius 1 is 1.04 bits per heavy atom. The zero-order valence-corrected chi connectivity index (χ0v) is 15.9. The molecule has 0 aliphatic carbocycles. The van der Waals surface area contributed by atoms with Crippen LogP contribution >= 0.6 is 0 Å². The second kappa shape index (κ2) is 7.20. The maximum absolute atomic E-state index is 12.7. The van der Waals surface area contributed by atoms with E-state index in [-0.39, 0.29) is 5.75 Å². The third kappa shape index (κ3) is 3.50. The normalized spacial score (nSPS) is 16.1. The molecular formula is C17H21N7O2S. The number of fused-ring (bicyclic) bond motifs is 1. The van der Waals surface area contributed by atoms with Gasteiger partial charge in [-0.05, 0) is 12.5 Å². The summed E-state index contributed by atoms with van der Waals surface area (Å²) in [5.41, 5.74) is 2.15. The zero-order chi connectivity index (χ0) is 18.9. The van der Waals surface area contributed by atoms with E-state index >= 15 is 0 Å². The highest BCUT2D eigenvalue weighted by Crippen LogP contribution is 2.23. The summed E-state index contributed by atoms with van der Waals surface area (Å²) in [6, 6.07) is 9.26. The van der Waals surface area contributed by atoms with Crippen LogP contribution in [0.3, 0.4) is 0 Å². The topological polar surface area (TPSA) is 97.1 Å². The summed E-state index contributed by atoms with van der Waals surface area (Å²) < 4.78 is 28.7. The van der Waals surface area contributed by atoms with Crippen molar-refractivity contribution in [3.05, 3.63) is 42.2 Å². The summed E-state index contributed by atoms with van der Waals surface area (Å²) in [5.74, 6) is 0.732. The quantitative estimate of drug-likeness (QED) is 0.641. The monoisotopic (exact) mass is 387 g/mol. The van der Waals surface area contributed by atoms with E-state index in [0.29, 0.717) is 49.7 Å². The van der Waals surface area contributed by atoms with E-state index in [0.717, 1.165) is 5.56 Å². The average Bonchev–Trinajstić information content (AvgIpc) is 3.12. The fourth-order valence-electron chi connectivity index (χ4n) is 3.28. The molecule has 3 heterocycles. The highest BCUT2D eigenvalue weighted by Gasteiger charge is 2.29. The number of rotatable bonds is 5. The highest BCUT2D eigenvalue weighted by molar-refractivity contribution is 7.88. The summed E-state index contributed by atoms with van der Waals surface area (Å²) >= 11 is 0. The fourth-order valence-corrected chi connectivity index (χ4v) is 4.79. The predicted molar refractivity (Wildman–Crippen MR) is 102 cm³/mol. The molecule has 9 nitrogen and oxygen atoms in total. The average molecular weight is 387 g/mol. The molecular weight excluding hydrogens is 366 g/mol. The second-order valence-corrected chi connectivity index (χ2v) is 8.37. The maximum Gasteiger partial charge on any atom is 0.218 e. The molecule has 0 bridgehead atoms. The Bertz CT molecular complexity index is 1030. The van der Waals surface area contributed by atoms with E-state index in [1.165, 1.54) is 6.33 Å². The van der Waals surface area contributed by atoms with Crippen molar-refractivity contribution < 1.29 is 8.42 Å². The molecule has 27 heavy (non-hydrogen) atoms. The molecule has 3 aromatic rings. The van der Waals surface area contributed by atoms with Crippen LogP contribution in [0.4, 0.5) is 5.82 Å². The Kier molecular flexibility index (Phi) is 4.75. The van der Waals surface area contributed by atoms with Gasteiger partial charge in [-0.15, -0.1) is 5.10 Å². The van der Waals surface area contributed by atoms with Crippen LogP contribution < -0.4 is 4.90 Å². The maximum atomic E-state index is 12.7. The van der Waals surface area contributed by atoms with Gasteiger partial charge in [-0.25, -0.2) is 23.1 Å². The van der Waals surface area contributed by atoms with Crippen molar-refractivity contribution in [2.45, 2.75) is 19.2 Å². The molecule has 0 amide bonds. The van der Waals surface area contributed by atoms with Gasteiger partial charge in [-0.2, -0.15) is 4.31 Å². The standard InChI is InChI=1S/C17H21N7O2S/c1-2-24-17-15(20-21-24)16(18-13-19-17)22-8-10-23(11-9-22)27(25,26)12-14-6-4-3-5-7-14/h3-7,13H,2,8-12H2,1H3. The van der Waals surface area contributed by atoms with Crippen LogP contribution in [0.2, 0.25) is 0 Å². The van der Waals surface area contributed by atoms with Crippen molar-refractivity contribution in [1.82, 2.24) is 29.3 Å². The summed E-state index contributed by atoms with van der Waals surface area (Å²) in [4.78, 5) is 10.7. The lowest BCUT2D eigenvalue weighted by molar-refractivity contribution is 0.383. The first kappa shape index (κ1) is 17.8. The Hall–Kier alpha value is -2.59. The molecule has 1 saturated heterocycles. The molecule has 4 rings (SSSR count). The Labute approximate surface area is 157 Å². The predicted octanol–water partition coefficient (Wildman–Crippen LogP) is 0.893. The van der Waals surface area contributed by atoms with Gasteiger partial charge in [0, 0.05) is 32.7 Å². The first-order valence-electron chi connectivity index (χ1n) is 8.89.